The van der Waals surface area contributed by atoms with Gasteiger partial charge in [-0.1, -0.05) is 11.6 Å². The lowest BCUT2D eigenvalue weighted by atomic mass is 10.0. The molecular formula is C12H21ClN4. The second kappa shape index (κ2) is 4.59. The van der Waals surface area contributed by atoms with Crippen molar-refractivity contribution in [2.45, 2.75) is 32.9 Å². The highest BCUT2D eigenvalue weighted by molar-refractivity contribution is 6.31. The van der Waals surface area contributed by atoms with Crippen molar-refractivity contribution in [3.05, 3.63) is 16.4 Å². The van der Waals surface area contributed by atoms with Gasteiger partial charge in [-0.15, -0.1) is 0 Å². The molecule has 0 amide bonds. The van der Waals surface area contributed by atoms with Crippen LogP contribution in [0.15, 0.2) is 0 Å². The van der Waals surface area contributed by atoms with Crippen LogP contribution in [0.1, 0.15) is 25.2 Å². The molecule has 1 aliphatic heterocycles. The van der Waals surface area contributed by atoms with Crippen LogP contribution in [0.25, 0.3) is 0 Å². The molecule has 1 N–H and O–H groups in total. The van der Waals surface area contributed by atoms with E-state index in [1.165, 1.54) is 0 Å². The van der Waals surface area contributed by atoms with Gasteiger partial charge in [-0.05, 0) is 20.8 Å². The highest BCUT2D eigenvalue weighted by Gasteiger charge is 2.26. The molecule has 0 bridgehead atoms. The van der Waals surface area contributed by atoms with E-state index in [-0.39, 0.29) is 5.54 Å². The van der Waals surface area contributed by atoms with Crippen LogP contribution in [0.5, 0.6) is 0 Å². The van der Waals surface area contributed by atoms with Gasteiger partial charge in [0.2, 0.25) is 0 Å². The SMILES string of the molecule is Cc1nn(C)c(CN2CCNC(C)(C)C2)c1Cl. The first-order valence-corrected chi connectivity index (χ1v) is 6.42. The maximum atomic E-state index is 6.28. The molecule has 2 heterocycles. The predicted molar refractivity (Wildman–Crippen MR) is 70.3 cm³/mol. The van der Waals surface area contributed by atoms with Gasteiger partial charge in [0.1, 0.15) is 0 Å². The van der Waals surface area contributed by atoms with Crippen LogP contribution in [0.4, 0.5) is 0 Å². The van der Waals surface area contributed by atoms with Gasteiger partial charge >= 0.3 is 0 Å². The van der Waals surface area contributed by atoms with Gasteiger partial charge in [-0.3, -0.25) is 9.58 Å². The van der Waals surface area contributed by atoms with Gasteiger partial charge in [0.25, 0.3) is 0 Å². The molecule has 96 valence electrons. The van der Waals surface area contributed by atoms with Crippen LogP contribution in [0, 0.1) is 6.92 Å². The van der Waals surface area contributed by atoms with Crippen LogP contribution in [0.2, 0.25) is 5.02 Å². The molecule has 0 spiro atoms. The molecule has 0 saturated carbocycles. The summed E-state index contributed by atoms with van der Waals surface area (Å²) in [6, 6.07) is 0. The fourth-order valence-corrected chi connectivity index (χ4v) is 2.66. The summed E-state index contributed by atoms with van der Waals surface area (Å²) in [4.78, 5) is 2.43. The molecule has 0 aliphatic carbocycles. The van der Waals surface area contributed by atoms with E-state index in [0.29, 0.717) is 0 Å². The summed E-state index contributed by atoms with van der Waals surface area (Å²) in [5.74, 6) is 0. The largest absolute Gasteiger partial charge is 0.309 e. The molecule has 1 aromatic heterocycles. The summed E-state index contributed by atoms with van der Waals surface area (Å²) >= 11 is 6.28. The molecule has 0 radical (unpaired) electrons. The number of nitrogens with zero attached hydrogens (tertiary/aromatic N) is 3. The van der Waals surface area contributed by atoms with Crippen LogP contribution in [-0.2, 0) is 13.6 Å². The number of piperazine rings is 1. The summed E-state index contributed by atoms with van der Waals surface area (Å²) in [7, 11) is 1.96. The first-order chi connectivity index (χ1) is 7.89. The lowest BCUT2D eigenvalue weighted by molar-refractivity contribution is 0.145. The van der Waals surface area contributed by atoms with Crippen molar-refractivity contribution >= 4 is 11.6 Å². The zero-order chi connectivity index (χ0) is 12.6. The average molecular weight is 257 g/mol. The molecule has 4 nitrogen and oxygen atoms in total. The van der Waals surface area contributed by atoms with E-state index in [1.807, 2.05) is 18.7 Å². The number of aryl methyl sites for hydroxylation is 2. The van der Waals surface area contributed by atoms with E-state index in [2.05, 4.69) is 29.2 Å². The van der Waals surface area contributed by atoms with E-state index >= 15 is 0 Å². The molecule has 1 fully saturated rings. The Bertz CT molecular complexity index is 411. The van der Waals surface area contributed by atoms with E-state index in [1.54, 1.807) is 0 Å². The quantitative estimate of drug-likeness (QED) is 0.872. The Morgan fingerprint density at radius 2 is 2.18 bits per heavy atom. The standard InChI is InChI=1S/C12H21ClN4/c1-9-11(13)10(16(4)15-9)7-17-6-5-14-12(2,3)8-17/h14H,5-8H2,1-4H3. The molecule has 1 aromatic rings. The smallest absolute Gasteiger partial charge is 0.0860 e. The number of halogens is 1. The monoisotopic (exact) mass is 256 g/mol. The van der Waals surface area contributed by atoms with E-state index in [4.69, 9.17) is 11.6 Å². The maximum absolute atomic E-state index is 6.28. The number of nitrogens with one attached hydrogen (secondary N) is 1. The first kappa shape index (κ1) is 12.9. The Kier molecular flexibility index (Phi) is 3.48. The molecule has 0 aromatic carbocycles. The number of hydrogen-bond acceptors (Lipinski definition) is 3. The van der Waals surface area contributed by atoms with Crippen LogP contribution >= 0.6 is 11.6 Å². The maximum Gasteiger partial charge on any atom is 0.0860 e. The number of hydrogen-bond donors (Lipinski definition) is 1. The molecule has 0 unspecified atom stereocenters. The molecular weight excluding hydrogens is 236 g/mol. The average Bonchev–Trinajstić information content (AvgIpc) is 2.44. The summed E-state index contributed by atoms with van der Waals surface area (Å²) in [6.07, 6.45) is 0. The summed E-state index contributed by atoms with van der Waals surface area (Å²) in [5, 5.41) is 8.68. The normalized spacial score (nSPS) is 20.8. The Morgan fingerprint density at radius 3 is 2.71 bits per heavy atom. The van der Waals surface area contributed by atoms with Crippen molar-refractivity contribution in [3.8, 4) is 0 Å². The molecule has 2 rings (SSSR count). The molecule has 17 heavy (non-hydrogen) atoms. The first-order valence-electron chi connectivity index (χ1n) is 6.04. The highest BCUT2D eigenvalue weighted by Crippen LogP contribution is 2.22. The van der Waals surface area contributed by atoms with Gasteiger partial charge in [0.15, 0.2) is 0 Å². The van der Waals surface area contributed by atoms with Crippen LogP contribution in [0.3, 0.4) is 0 Å². The summed E-state index contributed by atoms with van der Waals surface area (Å²) < 4.78 is 1.90. The van der Waals surface area contributed by atoms with Gasteiger partial charge < -0.3 is 5.32 Å². The van der Waals surface area contributed by atoms with Crippen molar-refractivity contribution in [1.29, 1.82) is 0 Å². The van der Waals surface area contributed by atoms with Crippen molar-refractivity contribution in [2.24, 2.45) is 7.05 Å². The van der Waals surface area contributed by atoms with Gasteiger partial charge in [0.05, 0.1) is 16.4 Å². The minimum Gasteiger partial charge on any atom is -0.309 e. The van der Waals surface area contributed by atoms with Crippen molar-refractivity contribution < 1.29 is 0 Å². The van der Waals surface area contributed by atoms with Crippen LogP contribution in [-0.4, -0.2) is 39.9 Å². The zero-order valence-electron chi connectivity index (χ0n) is 11.0. The van der Waals surface area contributed by atoms with E-state index < -0.39 is 0 Å². The fraction of sp³-hybridized carbons (Fsp3) is 0.750. The Hall–Kier alpha value is -0.580. The topological polar surface area (TPSA) is 33.1 Å². The van der Waals surface area contributed by atoms with Crippen molar-refractivity contribution in [3.63, 3.8) is 0 Å². The fourth-order valence-electron chi connectivity index (χ4n) is 2.45. The molecule has 1 saturated heterocycles. The van der Waals surface area contributed by atoms with Crippen molar-refractivity contribution in [2.75, 3.05) is 19.6 Å². The molecule has 0 atom stereocenters. The molecule has 5 heteroatoms. The zero-order valence-corrected chi connectivity index (χ0v) is 11.8. The second-order valence-corrected chi connectivity index (χ2v) is 5.87. The minimum atomic E-state index is 0.179. The Balaban J connectivity index is 2.10. The third-order valence-electron chi connectivity index (χ3n) is 3.29. The predicted octanol–water partition coefficient (Wildman–Crippen LogP) is 1.57. The van der Waals surface area contributed by atoms with Gasteiger partial charge in [0, 0.05) is 38.8 Å². The minimum absolute atomic E-state index is 0.179. The summed E-state index contributed by atoms with van der Waals surface area (Å²) in [6.45, 7) is 10.4. The third kappa shape index (κ3) is 2.81. The Morgan fingerprint density at radius 1 is 1.47 bits per heavy atom. The van der Waals surface area contributed by atoms with Crippen molar-refractivity contribution in [1.82, 2.24) is 20.0 Å². The number of aromatic nitrogens is 2. The molecule has 1 aliphatic rings. The van der Waals surface area contributed by atoms with E-state index in [9.17, 15) is 0 Å². The summed E-state index contributed by atoms with van der Waals surface area (Å²) in [5.41, 5.74) is 2.21. The van der Waals surface area contributed by atoms with Gasteiger partial charge in [-0.2, -0.15) is 5.10 Å². The Labute approximate surface area is 108 Å². The second-order valence-electron chi connectivity index (χ2n) is 5.49. The van der Waals surface area contributed by atoms with Crippen LogP contribution < -0.4 is 5.32 Å². The highest BCUT2D eigenvalue weighted by atomic mass is 35.5. The van der Waals surface area contributed by atoms with E-state index in [0.717, 1.165) is 42.6 Å². The lowest BCUT2D eigenvalue weighted by Crippen LogP contribution is -2.56. The number of rotatable bonds is 2. The van der Waals surface area contributed by atoms with Gasteiger partial charge in [-0.25, -0.2) is 0 Å². The lowest BCUT2D eigenvalue weighted by Gasteiger charge is -2.39. The third-order valence-corrected chi connectivity index (χ3v) is 3.78.